The molecule has 12 aromatic rings. The largest absolute Gasteiger partial charge is 0.0610 e. The summed E-state index contributed by atoms with van der Waals surface area (Å²) in [5.74, 6) is 0. The number of benzene rings is 12. The van der Waals surface area contributed by atoms with Crippen molar-refractivity contribution in [3.8, 4) is 22.3 Å². The minimum atomic E-state index is 1.27. The van der Waals surface area contributed by atoms with Crippen molar-refractivity contribution in [1.82, 2.24) is 0 Å². The molecule has 0 heteroatoms. The lowest BCUT2D eigenvalue weighted by Crippen LogP contribution is -1.91. The summed E-state index contributed by atoms with van der Waals surface area (Å²) in [7, 11) is 0. The fourth-order valence-corrected chi connectivity index (χ4v) is 9.12. The second kappa shape index (κ2) is 8.76. The predicted octanol–water partition coefficient (Wildman–Crippen LogP) is 13.7. The third kappa shape index (κ3) is 3.15. The predicted molar refractivity (Wildman–Crippen MR) is 208 cm³/mol. The molecule has 0 heterocycles. The van der Waals surface area contributed by atoms with Gasteiger partial charge < -0.3 is 0 Å². The lowest BCUT2D eigenvalue weighted by Gasteiger charge is -2.18. The smallest absolute Gasteiger partial charge is 0.00203 e. The van der Waals surface area contributed by atoms with Crippen molar-refractivity contribution < 1.29 is 0 Å². The van der Waals surface area contributed by atoms with E-state index in [4.69, 9.17) is 0 Å². The molecule has 0 saturated carbocycles. The molecule has 0 aliphatic rings. The highest BCUT2D eigenvalue weighted by molar-refractivity contribution is 6.30. The summed E-state index contributed by atoms with van der Waals surface area (Å²) in [6, 6.07) is 59.7. The molecule has 0 aliphatic carbocycles. The quantitative estimate of drug-likeness (QED) is 0.173. The maximum Gasteiger partial charge on any atom is -0.00203 e. The second-order valence-electron chi connectivity index (χ2n) is 13.7. The molecule has 0 bridgehead atoms. The SMILES string of the molecule is c1cc2ccc3cc(-c4ccc5ccc6c(-c7cc8ccc9cccc%10ccc(c7)c8c9%10)ccc7ccc4c5c76)cc4ccc(c1)c2c34. The molecule has 0 aliphatic heterocycles. The molecule has 0 spiro atoms. The number of hydrogen-bond donors (Lipinski definition) is 0. The van der Waals surface area contributed by atoms with Crippen molar-refractivity contribution >= 4 is 97.0 Å². The number of rotatable bonds is 2. The Morgan fingerprint density at radius 3 is 0.854 bits per heavy atom. The molecule has 12 rings (SSSR count). The Morgan fingerprint density at radius 2 is 0.479 bits per heavy atom. The van der Waals surface area contributed by atoms with Gasteiger partial charge in [0.2, 0.25) is 0 Å². The van der Waals surface area contributed by atoms with Crippen LogP contribution in [0, 0.1) is 0 Å². The Hall–Kier alpha value is -6.24. The highest BCUT2D eigenvalue weighted by Gasteiger charge is 2.18. The van der Waals surface area contributed by atoms with Gasteiger partial charge in [0.05, 0.1) is 0 Å². The Balaban J connectivity index is 1.11. The second-order valence-corrected chi connectivity index (χ2v) is 13.7. The van der Waals surface area contributed by atoms with Crippen LogP contribution in [0.15, 0.2) is 158 Å². The third-order valence-electron chi connectivity index (χ3n) is 11.2. The van der Waals surface area contributed by atoms with Gasteiger partial charge in [0, 0.05) is 0 Å². The summed E-state index contributed by atoms with van der Waals surface area (Å²) in [5, 5.41) is 23.8. The Bertz CT molecular complexity index is 2920. The van der Waals surface area contributed by atoms with E-state index in [1.54, 1.807) is 0 Å². The summed E-state index contributed by atoms with van der Waals surface area (Å²) in [4.78, 5) is 0. The maximum atomic E-state index is 2.40. The van der Waals surface area contributed by atoms with Gasteiger partial charge >= 0.3 is 0 Å². The van der Waals surface area contributed by atoms with Gasteiger partial charge in [0.15, 0.2) is 0 Å². The zero-order valence-corrected chi connectivity index (χ0v) is 26.0. The van der Waals surface area contributed by atoms with E-state index in [0.717, 1.165) is 0 Å². The van der Waals surface area contributed by atoms with Gasteiger partial charge in [-0.2, -0.15) is 0 Å². The first-order valence-corrected chi connectivity index (χ1v) is 16.8. The zero-order valence-electron chi connectivity index (χ0n) is 26.0. The normalized spacial score (nSPS) is 12.6. The van der Waals surface area contributed by atoms with Crippen LogP contribution >= 0.6 is 0 Å². The van der Waals surface area contributed by atoms with Gasteiger partial charge in [-0.15, -0.1) is 0 Å². The molecule has 0 radical (unpaired) electrons. The van der Waals surface area contributed by atoms with Crippen LogP contribution in [0.2, 0.25) is 0 Å². The van der Waals surface area contributed by atoms with Crippen LogP contribution in [0.3, 0.4) is 0 Å². The van der Waals surface area contributed by atoms with E-state index < -0.39 is 0 Å². The lowest BCUT2D eigenvalue weighted by molar-refractivity contribution is 1.70. The van der Waals surface area contributed by atoms with Gasteiger partial charge in [0.25, 0.3) is 0 Å². The summed E-state index contributed by atoms with van der Waals surface area (Å²) in [6.45, 7) is 0. The molecular formula is C48H26. The Kier molecular flexibility index (Phi) is 4.55. The highest BCUT2D eigenvalue weighted by atomic mass is 14.2. The molecule has 0 saturated heterocycles. The zero-order chi connectivity index (χ0) is 31.1. The summed E-state index contributed by atoms with van der Waals surface area (Å²) >= 11 is 0. The molecule has 0 aromatic heterocycles. The van der Waals surface area contributed by atoms with Gasteiger partial charge in [-0.25, -0.2) is 0 Å². The van der Waals surface area contributed by atoms with E-state index in [0.29, 0.717) is 0 Å². The molecule has 0 unspecified atom stereocenters. The van der Waals surface area contributed by atoms with E-state index in [2.05, 4.69) is 158 Å². The molecule has 0 amide bonds. The van der Waals surface area contributed by atoms with Crippen molar-refractivity contribution in [3.63, 3.8) is 0 Å². The van der Waals surface area contributed by atoms with Gasteiger partial charge in [-0.3, -0.25) is 0 Å². The molecule has 0 N–H and O–H groups in total. The Morgan fingerprint density at radius 1 is 0.208 bits per heavy atom. The third-order valence-corrected chi connectivity index (χ3v) is 11.2. The first-order valence-electron chi connectivity index (χ1n) is 16.8. The van der Waals surface area contributed by atoms with Crippen LogP contribution in [-0.4, -0.2) is 0 Å². The molecule has 218 valence electrons. The average molecular weight is 603 g/mol. The van der Waals surface area contributed by atoms with Crippen molar-refractivity contribution in [2.75, 3.05) is 0 Å². The van der Waals surface area contributed by atoms with Crippen LogP contribution in [0.4, 0.5) is 0 Å². The van der Waals surface area contributed by atoms with Crippen LogP contribution < -0.4 is 0 Å². The summed E-state index contributed by atoms with van der Waals surface area (Å²) in [6.07, 6.45) is 0. The van der Waals surface area contributed by atoms with Crippen LogP contribution in [0.5, 0.6) is 0 Å². The average Bonchev–Trinajstić information content (AvgIpc) is 3.14. The highest BCUT2D eigenvalue weighted by Crippen LogP contribution is 2.45. The van der Waals surface area contributed by atoms with Gasteiger partial charge in [0.1, 0.15) is 0 Å². The topological polar surface area (TPSA) is 0 Å². The van der Waals surface area contributed by atoms with Crippen LogP contribution in [0.1, 0.15) is 0 Å². The van der Waals surface area contributed by atoms with Crippen molar-refractivity contribution in [3.05, 3.63) is 158 Å². The standard InChI is InChI=1S/C48H26/c1-3-27-7-11-33-23-37(24-34-12-8-28(4-1)43(27)45(33)34)39-19-15-31-18-22-42-40(20-16-32-17-21-41(39)47(31)48(32)42)38-25-35-13-9-29-5-2-6-30-10-14-36(26-38)46(35)44(29)30/h1-26H. The molecule has 0 fully saturated rings. The van der Waals surface area contributed by atoms with Gasteiger partial charge in [-0.1, -0.05) is 133 Å². The van der Waals surface area contributed by atoms with E-state index in [9.17, 15) is 0 Å². The van der Waals surface area contributed by atoms with E-state index in [1.807, 2.05) is 0 Å². The first-order chi connectivity index (χ1) is 23.8. The fourth-order valence-electron chi connectivity index (χ4n) is 9.12. The lowest BCUT2D eigenvalue weighted by atomic mass is 9.85. The van der Waals surface area contributed by atoms with Crippen molar-refractivity contribution in [2.24, 2.45) is 0 Å². The van der Waals surface area contributed by atoms with Crippen LogP contribution in [0.25, 0.3) is 119 Å². The monoisotopic (exact) mass is 602 g/mol. The molecule has 12 aromatic carbocycles. The van der Waals surface area contributed by atoms with E-state index in [1.165, 1.54) is 119 Å². The molecular weight excluding hydrogens is 577 g/mol. The summed E-state index contributed by atoms with van der Waals surface area (Å²) in [5.41, 5.74) is 5.11. The first kappa shape index (κ1) is 24.9. The van der Waals surface area contributed by atoms with E-state index >= 15 is 0 Å². The van der Waals surface area contributed by atoms with Crippen LogP contribution in [-0.2, 0) is 0 Å². The molecule has 0 nitrogen and oxygen atoms in total. The maximum absolute atomic E-state index is 2.40. The number of hydrogen-bond acceptors (Lipinski definition) is 0. The minimum Gasteiger partial charge on any atom is -0.0610 e. The van der Waals surface area contributed by atoms with Crippen molar-refractivity contribution in [1.29, 1.82) is 0 Å². The summed E-state index contributed by atoms with van der Waals surface area (Å²) < 4.78 is 0. The van der Waals surface area contributed by atoms with Gasteiger partial charge in [-0.05, 0) is 143 Å². The Labute approximate surface area is 276 Å². The van der Waals surface area contributed by atoms with E-state index in [-0.39, 0.29) is 0 Å². The molecule has 48 heavy (non-hydrogen) atoms. The minimum absolute atomic E-state index is 1.27. The van der Waals surface area contributed by atoms with Crippen molar-refractivity contribution in [2.45, 2.75) is 0 Å². The fraction of sp³-hybridized carbons (Fsp3) is 0. The molecule has 0 atom stereocenters.